The minimum absolute atomic E-state index is 0.166. The van der Waals surface area contributed by atoms with Crippen molar-refractivity contribution in [2.45, 2.75) is 142 Å². The fourth-order valence-electron chi connectivity index (χ4n) is 5.05. The summed E-state index contributed by atoms with van der Waals surface area (Å²) < 4.78 is 16.5. The SMILES string of the molecule is CC\C=C/C=C\C=C/C=C\C=C/CCCC(=O)OC(COC(=O)CC/C=C\C/C=C\C/C=C\C/C=C\C/C=C\C/C=C\CC)COC(=O)CCC/C=C\C/C=C\C/C=C\CC. The van der Waals surface area contributed by atoms with Crippen molar-refractivity contribution in [2.75, 3.05) is 13.2 Å². The van der Waals surface area contributed by atoms with Crippen molar-refractivity contribution in [1.82, 2.24) is 0 Å². The fourth-order valence-corrected chi connectivity index (χ4v) is 5.05. The van der Waals surface area contributed by atoms with Crippen LogP contribution in [0.4, 0.5) is 0 Å². The first-order chi connectivity index (χ1) is 30.0. The third-order valence-electron chi connectivity index (χ3n) is 8.34. The average molecular weight is 835 g/mol. The van der Waals surface area contributed by atoms with Gasteiger partial charge in [-0.1, -0.05) is 191 Å². The van der Waals surface area contributed by atoms with Gasteiger partial charge in [-0.15, -0.1) is 0 Å². The molecule has 0 amide bonds. The Morgan fingerprint density at radius 3 is 1.11 bits per heavy atom. The van der Waals surface area contributed by atoms with Crippen LogP contribution >= 0.6 is 0 Å². The van der Waals surface area contributed by atoms with Gasteiger partial charge in [-0.25, -0.2) is 0 Å². The molecule has 0 N–H and O–H groups in total. The molecule has 0 aliphatic carbocycles. The first-order valence-corrected chi connectivity index (χ1v) is 22.7. The highest BCUT2D eigenvalue weighted by atomic mass is 16.6. The predicted molar refractivity (Wildman–Crippen MR) is 260 cm³/mol. The maximum Gasteiger partial charge on any atom is 0.306 e. The van der Waals surface area contributed by atoms with Crippen LogP contribution in [0, 0.1) is 0 Å². The van der Waals surface area contributed by atoms with Crippen molar-refractivity contribution >= 4 is 17.9 Å². The molecular weight excluding hydrogens is 757 g/mol. The number of carbonyl (C=O) groups excluding carboxylic acids is 3. The second kappa shape index (κ2) is 47.4. The largest absolute Gasteiger partial charge is 0.462 e. The van der Waals surface area contributed by atoms with Crippen LogP contribution in [0.5, 0.6) is 0 Å². The van der Waals surface area contributed by atoms with Crippen LogP contribution in [-0.2, 0) is 28.6 Å². The van der Waals surface area contributed by atoms with Crippen LogP contribution in [-0.4, -0.2) is 37.2 Å². The summed E-state index contributed by atoms with van der Waals surface area (Å²) in [6.45, 7) is 6.02. The van der Waals surface area contributed by atoms with Gasteiger partial charge < -0.3 is 14.2 Å². The second-order valence-electron chi connectivity index (χ2n) is 13.9. The second-order valence-corrected chi connectivity index (χ2v) is 13.9. The summed E-state index contributed by atoms with van der Waals surface area (Å²) in [5, 5.41) is 0. The molecule has 0 aromatic carbocycles. The van der Waals surface area contributed by atoms with Gasteiger partial charge in [0.1, 0.15) is 13.2 Å². The van der Waals surface area contributed by atoms with E-state index in [9.17, 15) is 14.4 Å². The van der Waals surface area contributed by atoms with Gasteiger partial charge in [-0.3, -0.25) is 14.4 Å². The Hall–Kier alpha value is -5.23. The zero-order valence-corrected chi connectivity index (χ0v) is 37.8. The van der Waals surface area contributed by atoms with Gasteiger partial charge in [0.2, 0.25) is 0 Å². The van der Waals surface area contributed by atoms with Gasteiger partial charge in [0.25, 0.3) is 0 Å². The van der Waals surface area contributed by atoms with Crippen molar-refractivity contribution in [1.29, 1.82) is 0 Å². The Balaban J connectivity index is 4.69. The van der Waals surface area contributed by atoms with Gasteiger partial charge >= 0.3 is 17.9 Å². The molecule has 6 nitrogen and oxygen atoms in total. The smallest absolute Gasteiger partial charge is 0.306 e. The Labute approximate surface area is 371 Å². The van der Waals surface area contributed by atoms with Crippen LogP contribution in [0.15, 0.2) is 170 Å². The Morgan fingerprint density at radius 1 is 0.344 bits per heavy atom. The van der Waals surface area contributed by atoms with Crippen LogP contribution < -0.4 is 0 Å². The number of rotatable bonds is 37. The minimum atomic E-state index is -0.873. The van der Waals surface area contributed by atoms with Crippen molar-refractivity contribution in [3.63, 3.8) is 0 Å². The average Bonchev–Trinajstić information content (AvgIpc) is 3.26. The summed E-state index contributed by atoms with van der Waals surface area (Å²) in [5.41, 5.74) is 0. The van der Waals surface area contributed by atoms with Gasteiger partial charge in [-0.2, -0.15) is 0 Å². The number of esters is 3. The van der Waals surface area contributed by atoms with E-state index in [-0.39, 0.29) is 38.4 Å². The third-order valence-corrected chi connectivity index (χ3v) is 8.34. The number of hydrogen-bond donors (Lipinski definition) is 0. The minimum Gasteiger partial charge on any atom is -0.462 e. The van der Waals surface area contributed by atoms with Gasteiger partial charge in [0, 0.05) is 19.3 Å². The van der Waals surface area contributed by atoms with E-state index in [1.54, 1.807) is 0 Å². The van der Waals surface area contributed by atoms with Crippen LogP contribution in [0.3, 0.4) is 0 Å². The fraction of sp³-hybridized carbons (Fsp3) is 0.436. The maximum absolute atomic E-state index is 12.7. The third kappa shape index (κ3) is 45.7. The van der Waals surface area contributed by atoms with E-state index in [4.69, 9.17) is 14.2 Å². The van der Waals surface area contributed by atoms with Crippen LogP contribution in [0.1, 0.15) is 136 Å². The molecule has 0 radical (unpaired) electrons. The lowest BCUT2D eigenvalue weighted by molar-refractivity contribution is -0.166. The molecule has 0 rings (SSSR count). The zero-order valence-electron chi connectivity index (χ0n) is 37.8. The molecule has 0 bridgehead atoms. The summed E-state index contributed by atoms with van der Waals surface area (Å²) in [5.74, 6) is -1.20. The summed E-state index contributed by atoms with van der Waals surface area (Å²) in [6, 6.07) is 0. The van der Waals surface area contributed by atoms with E-state index in [2.05, 4.69) is 124 Å². The number of allylic oxidation sites excluding steroid dienone is 28. The van der Waals surface area contributed by atoms with Crippen molar-refractivity contribution in [2.24, 2.45) is 0 Å². The molecule has 1 atom stereocenters. The number of hydrogen-bond acceptors (Lipinski definition) is 6. The van der Waals surface area contributed by atoms with Gasteiger partial charge in [-0.05, 0) is 96.3 Å². The zero-order chi connectivity index (χ0) is 44.4. The first-order valence-electron chi connectivity index (χ1n) is 22.7. The normalized spacial score (nSPS) is 13.7. The quantitative estimate of drug-likeness (QED) is 0.0204. The Bertz CT molecular complexity index is 1520. The molecule has 0 heterocycles. The van der Waals surface area contributed by atoms with E-state index in [0.29, 0.717) is 25.7 Å². The van der Waals surface area contributed by atoms with E-state index < -0.39 is 18.0 Å². The Kier molecular flexibility index (Phi) is 43.4. The molecule has 0 aromatic heterocycles. The number of ether oxygens (including phenoxy) is 3. The predicted octanol–water partition coefficient (Wildman–Crippen LogP) is 14.9. The van der Waals surface area contributed by atoms with Crippen molar-refractivity contribution < 1.29 is 28.6 Å². The lowest BCUT2D eigenvalue weighted by Crippen LogP contribution is -2.30. The van der Waals surface area contributed by atoms with Gasteiger partial charge in [0.15, 0.2) is 6.10 Å². The molecular formula is C55H78O6. The molecule has 61 heavy (non-hydrogen) atoms. The summed E-state index contributed by atoms with van der Waals surface area (Å²) in [4.78, 5) is 37.7. The summed E-state index contributed by atoms with van der Waals surface area (Å²) >= 11 is 0. The molecule has 0 spiro atoms. The van der Waals surface area contributed by atoms with E-state index in [1.807, 2.05) is 66.8 Å². The van der Waals surface area contributed by atoms with E-state index in [0.717, 1.165) is 70.6 Å². The monoisotopic (exact) mass is 835 g/mol. The number of carbonyl (C=O) groups is 3. The molecule has 6 heteroatoms. The number of unbranched alkanes of at least 4 members (excludes halogenated alkanes) is 2. The lowest BCUT2D eigenvalue weighted by Gasteiger charge is -2.18. The van der Waals surface area contributed by atoms with Crippen LogP contribution in [0.25, 0.3) is 0 Å². The molecule has 0 aromatic rings. The summed E-state index contributed by atoms with van der Waals surface area (Å²) in [6.07, 6.45) is 70.8. The molecule has 0 aliphatic heterocycles. The van der Waals surface area contributed by atoms with Gasteiger partial charge in [0.05, 0.1) is 0 Å². The molecule has 1 unspecified atom stereocenters. The lowest BCUT2D eigenvalue weighted by atomic mass is 10.2. The first kappa shape index (κ1) is 55.8. The molecule has 334 valence electrons. The Morgan fingerprint density at radius 2 is 0.672 bits per heavy atom. The standard InChI is InChI=1S/C55H78O6/c1-4-7-10-13-16-19-22-24-25-26-27-28-29-31-33-36-39-42-45-48-54(57)60-51-52(50-59-53(56)47-44-41-38-35-32-21-18-15-12-9-6-3)61-55(58)49-46-43-40-37-34-30-23-20-17-14-11-8-5-2/h7-12,14,16-21,23-25,27-28,30-31,33-35,37-40,42,52H,4-6,13,15,22,26,29,32,36,41,43-51H2,1-3H3/b10-7-,11-8-,12-9-,17-14-,19-16-,21-18-,23-20-,25-24-,28-27-,33-31-,34-30-,38-35-,40-37-,42-39-. The molecule has 0 fully saturated rings. The topological polar surface area (TPSA) is 78.9 Å². The highest BCUT2D eigenvalue weighted by molar-refractivity contribution is 5.71. The molecule has 0 saturated carbocycles. The maximum atomic E-state index is 12.7. The van der Waals surface area contributed by atoms with E-state index >= 15 is 0 Å². The van der Waals surface area contributed by atoms with E-state index in [1.165, 1.54) is 0 Å². The summed E-state index contributed by atoms with van der Waals surface area (Å²) in [7, 11) is 0. The van der Waals surface area contributed by atoms with Crippen LogP contribution in [0.2, 0.25) is 0 Å². The highest BCUT2D eigenvalue weighted by Gasteiger charge is 2.19. The van der Waals surface area contributed by atoms with Crippen molar-refractivity contribution in [3.8, 4) is 0 Å². The van der Waals surface area contributed by atoms with Crippen molar-refractivity contribution in [3.05, 3.63) is 170 Å². The highest BCUT2D eigenvalue weighted by Crippen LogP contribution is 2.08. The molecule has 0 aliphatic rings. The molecule has 0 saturated heterocycles.